The van der Waals surface area contributed by atoms with Gasteiger partial charge >= 0.3 is 0 Å². The number of aryl methyl sites for hydroxylation is 3. The van der Waals surface area contributed by atoms with E-state index in [0.29, 0.717) is 5.28 Å². The molecule has 0 bridgehead atoms. The fraction of sp³-hybridized carbons (Fsp3) is 0.280. The zero-order chi connectivity index (χ0) is 21.5. The first-order valence-corrected chi connectivity index (χ1v) is 11.8. The van der Waals surface area contributed by atoms with Gasteiger partial charge in [0.2, 0.25) is 5.28 Å². The van der Waals surface area contributed by atoms with Crippen LogP contribution in [0.2, 0.25) is 5.28 Å². The molecule has 0 saturated carbocycles. The van der Waals surface area contributed by atoms with Gasteiger partial charge in [0.1, 0.15) is 10.6 Å². The Balaban J connectivity index is 1.50. The molecule has 0 amide bonds. The van der Waals surface area contributed by atoms with Crippen molar-refractivity contribution in [2.75, 3.05) is 36.0 Å². The number of nitrogens with zero attached hydrogens (tertiary/aromatic N) is 4. The number of piperazine rings is 1. The molecule has 1 aliphatic rings. The molecule has 5 rings (SSSR count). The van der Waals surface area contributed by atoms with Crippen molar-refractivity contribution in [1.29, 1.82) is 0 Å². The van der Waals surface area contributed by atoms with E-state index in [9.17, 15) is 0 Å². The molecule has 1 fully saturated rings. The topological polar surface area (TPSA) is 32.3 Å². The first-order valence-electron chi connectivity index (χ1n) is 10.6. The number of halogens is 1. The fourth-order valence-electron chi connectivity index (χ4n) is 4.25. The van der Waals surface area contributed by atoms with Gasteiger partial charge in [0.25, 0.3) is 0 Å². The van der Waals surface area contributed by atoms with E-state index in [2.05, 4.69) is 83.4 Å². The summed E-state index contributed by atoms with van der Waals surface area (Å²) in [4.78, 5) is 15.0. The van der Waals surface area contributed by atoms with Gasteiger partial charge in [-0.1, -0.05) is 30.3 Å². The van der Waals surface area contributed by atoms with Crippen LogP contribution in [-0.4, -0.2) is 36.1 Å². The third-order valence-electron chi connectivity index (χ3n) is 6.15. The van der Waals surface area contributed by atoms with Gasteiger partial charge in [-0.3, -0.25) is 0 Å². The number of fused-ring (bicyclic) bond motifs is 1. The Kier molecular flexibility index (Phi) is 5.32. The standard InChI is InChI=1S/C25H25ClN4S/c1-16-5-4-6-20(13-16)29-9-11-30(12-10-29)23-22-21(15-31-24(22)28-25(26)27-23)19-8-7-17(2)18(3)14-19/h4-8,13-15H,9-12H2,1-3H3. The summed E-state index contributed by atoms with van der Waals surface area (Å²) in [7, 11) is 0. The highest BCUT2D eigenvalue weighted by Gasteiger charge is 2.24. The van der Waals surface area contributed by atoms with Crippen molar-refractivity contribution in [3.63, 3.8) is 0 Å². The number of hydrogen-bond acceptors (Lipinski definition) is 5. The number of anilines is 2. The average Bonchev–Trinajstić information content (AvgIpc) is 3.19. The molecule has 2 aromatic heterocycles. The molecule has 0 spiro atoms. The number of thiophene rings is 1. The zero-order valence-electron chi connectivity index (χ0n) is 18.0. The van der Waals surface area contributed by atoms with Crippen molar-refractivity contribution in [3.05, 3.63) is 69.8 Å². The minimum atomic E-state index is 0.317. The van der Waals surface area contributed by atoms with Gasteiger partial charge in [-0.25, -0.2) is 4.98 Å². The molecule has 0 N–H and O–H groups in total. The van der Waals surface area contributed by atoms with Crippen LogP contribution >= 0.6 is 22.9 Å². The van der Waals surface area contributed by atoms with Crippen molar-refractivity contribution < 1.29 is 0 Å². The van der Waals surface area contributed by atoms with Crippen molar-refractivity contribution in [2.24, 2.45) is 0 Å². The highest BCUT2D eigenvalue weighted by Crippen LogP contribution is 2.39. The van der Waals surface area contributed by atoms with Crippen LogP contribution in [0, 0.1) is 20.8 Å². The first kappa shape index (κ1) is 20.3. The molecule has 4 nitrogen and oxygen atoms in total. The Labute approximate surface area is 192 Å². The molecule has 4 aromatic rings. The summed E-state index contributed by atoms with van der Waals surface area (Å²) >= 11 is 7.97. The molecule has 1 aliphatic heterocycles. The number of benzene rings is 2. The quantitative estimate of drug-likeness (QED) is 0.346. The second-order valence-corrected chi connectivity index (χ2v) is 9.45. The molecule has 158 valence electrons. The van der Waals surface area contributed by atoms with Crippen LogP contribution in [0.4, 0.5) is 11.5 Å². The zero-order valence-corrected chi connectivity index (χ0v) is 19.6. The van der Waals surface area contributed by atoms with E-state index < -0.39 is 0 Å². The van der Waals surface area contributed by atoms with Crippen LogP contribution in [-0.2, 0) is 0 Å². The Bertz CT molecular complexity index is 1260. The number of hydrogen-bond donors (Lipinski definition) is 0. The fourth-order valence-corrected chi connectivity index (χ4v) is 5.41. The molecule has 3 heterocycles. The highest BCUT2D eigenvalue weighted by molar-refractivity contribution is 7.17. The molecule has 0 atom stereocenters. The predicted octanol–water partition coefficient (Wildman–Crippen LogP) is 6.26. The molecular formula is C25H25ClN4S. The Morgan fingerprint density at radius 2 is 1.65 bits per heavy atom. The lowest BCUT2D eigenvalue weighted by Gasteiger charge is -2.37. The van der Waals surface area contributed by atoms with Crippen LogP contribution in [0.5, 0.6) is 0 Å². The van der Waals surface area contributed by atoms with Crippen molar-refractivity contribution in [1.82, 2.24) is 9.97 Å². The molecule has 31 heavy (non-hydrogen) atoms. The summed E-state index contributed by atoms with van der Waals surface area (Å²) in [6.07, 6.45) is 0. The lowest BCUT2D eigenvalue weighted by molar-refractivity contribution is 0.649. The monoisotopic (exact) mass is 448 g/mol. The minimum absolute atomic E-state index is 0.317. The van der Waals surface area contributed by atoms with Crippen LogP contribution in [0.1, 0.15) is 16.7 Å². The van der Waals surface area contributed by atoms with E-state index in [1.54, 1.807) is 11.3 Å². The summed E-state index contributed by atoms with van der Waals surface area (Å²) in [5.74, 6) is 0.952. The van der Waals surface area contributed by atoms with E-state index in [0.717, 1.165) is 42.2 Å². The summed E-state index contributed by atoms with van der Waals surface area (Å²) in [5.41, 5.74) is 7.57. The van der Waals surface area contributed by atoms with Crippen molar-refractivity contribution in [3.8, 4) is 11.1 Å². The molecular weight excluding hydrogens is 424 g/mol. The van der Waals surface area contributed by atoms with E-state index in [-0.39, 0.29) is 0 Å². The maximum atomic E-state index is 6.33. The Hall–Kier alpha value is -2.63. The maximum Gasteiger partial charge on any atom is 0.225 e. The SMILES string of the molecule is Cc1cccc(N2CCN(c3nc(Cl)nc4scc(-c5ccc(C)c(C)c5)c34)CC2)c1. The molecule has 0 radical (unpaired) electrons. The first-order chi connectivity index (χ1) is 15.0. The lowest BCUT2D eigenvalue weighted by atomic mass is 10.0. The van der Waals surface area contributed by atoms with Crippen molar-refractivity contribution in [2.45, 2.75) is 20.8 Å². The maximum absolute atomic E-state index is 6.33. The van der Waals surface area contributed by atoms with E-state index in [1.165, 1.54) is 33.5 Å². The predicted molar refractivity (Wildman–Crippen MR) is 133 cm³/mol. The van der Waals surface area contributed by atoms with Gasteiger partial charge in [-0.2, -0.15) is 4.98 Å². The molecule has 0 aliphatic carbocycles. The van der Waals surface area contributed by atoms with E-state index in [4.69, 9.17) is 16.6 Å². The highest BCUT2D eigenvalue weighted by atomic mass is 35.5. The molecule has 2 aromatic carbocycles. The molecule has 1 saturated heterocycles. The molecule has 0 unspecified atom stereocenters. The van der Waals surface area contributed by atoms with Crippen LogP contribution in [0.25, 0.3) is 21.3 Å². The Morgan fingerprint density at radius 3 is 2.39 bits per heavy atom. The van der Waals surface area contributed by atoms with Gasteiger partial charge in [-0.05, 0) is 66.8 Å². The van der Waals surface area contributed by atoms with Gasteiger partial charge in [0, 0.05) is 42.8 Å². The van der Waals surface area contributed by atoms with Crippen molar-refractivity contribution >= 4 is 44.7 Å². The van der Waals surface area contributed by atoms with E-state index >= 15 is 0 Å². The van der Waals surface area contributed by atoms with Crippen LogP contribution < -0.4 is 9.80 Å². The van der Waals surface area contributed by atoms with Gasteiger partial charge in [0.15, 0.2) is 0 Å². The van der Waals surface area contributed by atoms with Gasteiger partial charge in [-0.15, -0.1) is 11.3 Å². The van der Waals surface area contributed by atoms with Gasteiger partial charge in [0.05, 0.1) is 5.39 Å². The smallest absolute Gasteiger partial charge is 0.225 e. The average molecular weight is 449 g/mol. The van der Waals surface area contributed by atoms with Crippen LogP contribution in [0.3, 0.4) is 0 Å². The molecule has 6 heteroatoms. The number of rotatable bonds is 3. The largest absolute Gasteiger partial charge is 0.368 e. The Morgan fingerprint density at radius 1 is 0.871 bits per heavy atom. The second kappa shape index (κ2) is 8.13. The van der Waals surface area contributed by atoms with Gasteiger partial charge < -0.3 is 9.80 Å². The third kappa shape index (κ3) is 3.88. The van der Waals surface area contributed by atoms with E-state index in [1.807, 2.05) is 0 Å². The minimum Gasteiger partial charge on any atom is -0.368 e. The third-order valence-corrected chi connectivity index (χ3v) is 7.19. The normalized spacial score (nSPS) is 14.5. The number of aromatic nitrogens is 2. The summed E-state index contributed by atoms with van der Waals surface area (Å²) in [5, 5.41) is 3.62. The lowest BCUT2D eigenvalue weighted by Crippen LogP contribution is -2.47. The summed E-state index contributed by atoms with van der Waals surface area (Å²) in [6, 6.07) is 15.4. The second-order valence-electron chi connectivity index (χ2n) is 8.26. The van der Waals surface area contributed by atoms with Crippen LogP contribution in [0.15, 0.2) is 47.8 Å². The summed E-state index contributed by atoms with van der Waals surface area (Å²) in [6.45, 7) is 10.2. The summed E-state index contributed by atoms with van der Waals surface area (Å²) < 4.78 is 0.